The van der Waals surface area contributed by atoms with Gasteiger partial charge in [0.15, 0.2) is 0 Å². The number of hydrogen-bond acceptors (Lipinski definition) is 4. The molecule has 1 aliphatic carbocycles. The summed E-state index contributed by atoms with van der Waals surface area (Å²) in [5.74, 6) is 0. The Morgan fingerprint density at radius 1 is 0.350 bits per heavy atom. The summed E-state index contributed by atoms with van der Waals surface area (Å²) in [6.07, 6.45) is 0. The van der Waals surface area contributed by atoms with Gasteiger partial charge in [0, 0.05) is 56.4 Å². The van der Waals surface area contributed by atoms with Crippen LogP contribution in [0.25, 0.3) is 44.2 Å². The SMILES string of the molecule is CC(C)(C)c1ccc(N(c2ccc(C(C)(C)C)cc2)c2ccc(C3(c4ccc([Si](C)(C)C)cc4)c4cc(N(c5ccccc5)c5ccc(C(C)(C)C)cc5)c5c(c4-c4c3cc(N(c3ccccc3)c3ccc(C(C)(C)C)cc3)c3c4oc4ccccc43)-c3ccccc3[Si]5(C)C)cc2)cc1. The fourth-order valence-electron chi connectivity index (χ4n) is 16.2. The van der Waals surface area contributed by atoms with Gasteiger partial charge in [-0.2, -0.15) is 0 Å². The van der Waals surface area contributed by atoms with Crippen molar-refractivity contribution in [2.45, 2.75) is 143 Å². The number of fused-ring (bicyclic) bond motifs is 11. The summed E-state index contributed by atoms with van der Waals surface area (Å²) in [5.41, 5.74) is 25.5. The summed E-state index contributed by atoms with van der Waals surface area (Å²) >= 11 is 0. The predicted molar refractivity (Wildman–Crippen MR) is 435 cm³/mol. The maximum absolute atomic E-state index is 7.84. The predicted octanol–water partition coefficient (Wildman–Crippen LogP) is 24.9. The Kier molecular flexibility index (Phi) is 15.9. The third kappa shape index (κ3) is 11.1. The Balaban J connectivity index is 1.13. The lowest BCUT2D eigenvalue weighted by Crippen LogP contribution is -2.50. The molecule has 0 radical (unpaired) electrons. The van der Waals surface area contributed by atoms with E-state index in [9.17, 15) is 0 Å². The molecule has 2 heterocycles. The molecular weight excluding hydrogens is 1240 g/mol. The first kappa shape index (κ1) is 66.2. The molecule has 12 aromatic carbocycles. The molecule has 100 heavy (non-hydrogen) atoms. The van der Waals surface area contributed by atoms with E-state index in [2.05, 4.69) is 397 Å². The van der Waals surface area contributed by atoms with Crippen molar-refractivity contribution in [2.75, 3.05) is 14.7 Å². The number of furan rings is 1. The van der Waals surface area contributed by atoms with Crippen molar-refractivity contribution in [3.8, 4) is 22.3 Å². The van der Waals surface area contributed by atoms with Crippen molar-refractivity contribution in [1.29, 1.82) is 0 Å². The van der Waals surface area contributed by atoms with Gasteiger partial charge in [-0.25, -0.2) is 0 Å². The molecule has 15 rings (SSSR count). The lowest BCUT2D eigenvalue weighted by molar-refractivity contribution is 0.590. The van der Waals surface area contributed by atoms with Gasteiger partial charge in [-0.05, 0) is 196 Å². The Morgan fingerprint density at radius 3 is 1.16 bits per heavy atom. The summed E-state index contributed by atoms with van der Waals surface area (Å²) < 4.78 is 7.84. The lowest BCUT2D eigenvalue weighted by atomic mass is 9.67. The molecule has 0 amide bonds. The minimum absolute atomic E-state index is 0.00728. The first-order chi connectivity index (χ1) is 47.5. The van der Waals surface area contributed by atoms with Crippen LogP contribution in [0.5, 0.6) is 0 Å². The fourth-order valence-corrected chi connectivity index (χ4v) is 20.7. The molecule has 1 aromatic heterocycles. The number of para-hydroxylation sites is 3. The molecule has 0 fully saturated rings. The van der Waals surface area contributed by atoms with Crippen LogP contribution >= 0.6 is 0 Å². The largest absolute Gasteiger partial charge is 0.455 e. The van der Waals surface area contributed by atoms with E-state index >= 15 is 0 Å². The van der Waals surface area contributed by atoms with Crippen LogP contribution in [0.1, 0.15) is 128 Å². The zero-order valence-corrected chi connectivity index (χ0v) is 63.7. The van der Waals surface area contributed by atoms with Gasteiger partial charge < -0.3 is 19.1 Å². The molecule has 1 aliphatic heterocycles. The number of hydrogen-bond donors (Lipinski definition) is 0. The second kappa shape index (κ2) is 24.0. The quantitative estimate of drug-likeness (QED) is 0.114. The monoisotopic (exact) mass is 1340 g/mol. The Morgan fingerprint density at radius 2 is 0.710 bits per heavy atom. The zero-order valence-electron chi connectivity index (χ0n) is 61.7. The Bertz CT molecular complexity index is 5170. The molecule has 6 heteroatoms. The van der Waals surface area contributed by atoms with Crippen molar-refractivity contribution in [3.63, 3.8) is 0 Å². The number of rotatable bonds is 12. The van der Waals surface area contributed by atoms with Gasteiger partial charge in [0.1, 0.15) is 19.2 Å². The highest BCUT2D eigenvalue weighted by atomic mass is 28.3. The van der Waals surface area contributed by atoms with E-state index in [-0.39, 0.29) is 21.7 Å². The standard InChI is InChI=1S/C94H95N3OSi2/c1-90(2,3)62-36-48-70(49-37-62)95(71-50-38-63(39-51-71)91(4,5)6)72-56-44-66(45-57-72)94(67-46-58-75(59-47-67)99(13,14)15)78-61-81(97(69-30-22-19-23-31-69)74-54-42-65(43-55-74)93(10,11)12)89-85(77-33-25-27-35-83(77)100(89,16)17)86(78)87-79(94)60-80(84-76-32-24-26-34-82(76)98-88(84)87)96(68-28-20-18-21-29-68)73-52-40-64(41-53-73)92(7,8)9/h18-61H,1-17H3. The molecule has 0 bridgehead atoms. The third-order valence-corrected chi connectivity index (χ3v) is 27.3. The number of benzene rings is 12. The van der Waals surface area contributed by atoms with E-state index in [1.807, 2.05) is 0 Å². The second-order valence-corrected chi connectivity index (χ2v) is 43.2. The first-order valence-corrected chi connectivity index (χ1v) is 42.5. The summed E-state index contributed by atoms with van der Waals surface area (Å²) in [4.78, 5) is 7.56. The molecule has 2 aliphatic rings. The van der Waals surface area contributed by atoms with E-state index < -0.39 is 21.6 Å². The molecule has 13 aromatic rings. The van der Waals surface area contributed by atoms with Gasteiger partial charge in [0.05, 0.1) is 24.6 Å². The average molecular weight is 1340 g/mol. The molecule has 1 atom stereocenters. The summed E-state index contributed by atoms with van der Waals surface area (Å²) in [5, 5.41) is 6.44. The van der Waals surface area contributed by atoms with Crippen molar-refractivity contribution < 1.29 is 4.42 Å². The van der Waals surface area contributed by atoms with Gasteiger partial charge in [0.25, 0.3) is 0 Å². The maximum Gasteiger partial charge on any atom is 0.145 e. The average Bonchev–Trinajstić information content (AvgIpc) is 1.49. The van der Waals surface area contributed by atoms with Crippen LogP contribution in [0.15, 0.2) is 271 Å². The van der Waals surface area contributed by atoms with Crippen molar-refractivity contribution >= 4 is 105 Å². The normalized spacial score (nSPS) is 15.0. The van der Waals surface area contributed by atoms with E-state index in [1.54, 1.807) is 0 Å². The minimum Gasteiger partial charge on any atom is -0.455 e. The topological polar surface area (TPSA) is 22.9 Å². The molecule has 0 spiro atoms. The van der Waals surface area contributed by atoms with Gasteiger partial charge in [0.2, 0.25) is 0 Å². The third-order valence-electron chi connectivity index (χ3n) is 21.7. The van der Waals surface area contributed by atoms with Crippen LogP contribution in [0.3, 0.4) is 0 Å². The number of anilines is 9. The van der Waals surface area contributed by atoms with E-state index in [0.29, 0.717) is 0 Å². The van der Waals surface area contributed by atoms with Gasteiger partial charge in [-0.1, -0.05) is 285 Å². The van der Waals surface area contributed by atoms with Crippen LogP contribution in [0, 0.1) is 0 Å². The molecular formula is C94H95N3OSi2. The smallest absolute Gasteiger partial charge is 0.145 e. The molecule has 0 N–H and O–H groups in total. The van der Waals surface area contributed by atoms with Crippen LogP contribution < -0.4 is 30.3 Å². The van der Waals surface area contributed by atoms with Gasteiger partial charge in [-0.3, -0.25) is 0 Å². The maximum atomic E-state index is 7.84. The van der Waals surface area contributed by atoms with Crippen LogP contribution in [0.2, 0.25) is 32.7 Å². The van der Waals surface area contributed by atoms with Gasteiger partial charge in [-0.15, -0.1) is 0 Å². The molecule has 1 unspecified atom stereocenters. The van der Waals surface area contributed by atoms with Crippen LogP contribution in [-0.4, -0.2) is 16.1 Å². The van der Waals surface area contributed by atoms with Crippen molar-refractivity contribution in [2.24, 2.45) is 0 Å². The highest BCUT2D eigenvalue weighted by molar-refractivity contribution is 7.05. The summed E-state index contributed by atoms with van der Waals surface area (Å²) in [6.45, 7) is 40.2. The first-order valence-electron chi connectivity index (χ1n) is 36.0. The van der Waals surface area contributed by atoms with E-state index in [0.717, 1.165) is 73.0 Å². The zero-order chi connectivity index (χ0) is 70.2. The Labute approximate surface area is 596 Å². The molecule has 0 saturated carbocycles. The van der Waals surface area contributed by atoms with Crippen LogP contribution in [0.4, 0.5) is 51.2 Å². The van der Waals surface area contributed by atoms with Crippen molar-refractivity contribution in [1.82, 2.24) is 0 Å². The van der Waals surface area contributed by atoms with E-state index in [4.69, 9.17) is 4.42 Å². The van der Waals surface area contributed by atoms with Gasteiger partial charge >= 0.3 is 0 Å². The Hall–Kier alpha value is -9.73. The highest BCUT2D eigenvalue weighted by Crippen LogP contribution is 2.64. The summed E-state index contributed by atoms with van der Waals surface area (Å²) in [7, 11) is -4.46. The van der Waals surface area contributed by atoms with E-state index in [1.165, 1.54) is 82.4 Å². The minimum atomic E-state index is -2.62. The fraction of sp³-hybridized carbons (Fsp3) is 0.234. The van der Waals surface area contributed by atoms with Crippen LogP contribution in [-0.2, 0) is 27.1 Å². The highest BCUT2D eigenvalue weighted by Gasteiger charge is 2.54. The molecule has 4 nitrogen and oxygen atoms in total. The summed E-state index contributed by atoms with van der Waals surface area (Å²) in [6, 6.07) is 103. The second-order valence-electron chi connectivity index (χ2n) is 33.8. The lowest BCUT2D eigenvalue weighted by Gasteiger charge is -2.38. The molecule has 500 valence electrons. The number of nitrogens with zero attached hydrogens (tertiary/aromatic N) is 3. The van der Waals surface area contributed by atoms with Crippen molar-refractivity contribution in [3.05, 3.63) is 311 Å². The molecule has 0 saturated heterocycles.